The van der Waals surface area contributed by atoms with Crippen LogP contribution in [0.15, 0.2) is 43.0 Å². The summed E-state index contributed by atoms with van der Waals surface area (Å²) in [4.78, 5) is 19.7. The number of rotatable bonds is 4. The molecule has 2 aliphatic rings. The molecular weight excluding hydrogens is 316 g/mol. The van der Waals surface area contributed by atoms with Crippen LogP contribution in [0.1, 0.15) is 31.2 Å². The lowest BCUT2D eigenvalue weighted by Crippen LogP contribution is -2.53. The Kier molecular flexibility index (Phi) is 4.53. The van der Waals surface area contributed by atoms with Gasteiger partial charge in [0.2, 0.25) is 5.91 Å². The molecule has 1 unspecified atom stereocenters. The Morgan fingerprint density at radius 3 is 2.88 bits per heavy atom. The third kappa shape index (κ3) is 3.18. The van der Waals surface area contributed by atoms with Gasteiger partial charge < -0.3 is 9.64 Å². The number of aromatic nitrogens is 3. The Balaban J connectivity index is 1.52. The summed E-state index contributed by atoms with van der Waals surface area (Å²) in [6.45, 7) is 2.55. The van der Waals surface area contributed by atoms with Gasteiger partial charge in [-0.25, -0.2) is 0 Å². The Morgan fingerprint density at radius 1 is 1.28 bits per heavy atom. The first-order valence-corrected chi connectivity index (χ1v) is 9.07. The SMILES string of the molecule is O=C(N1CCOC(Cn2cccn2)C1)C1(c2cccnc2)CCCC1. The number of carbonyl (C=O) groups excluding carboxylic acids is 1. The highest BCUT2D eigenvalue weighted by atomic mass is 16.5. The molecule has 3 heterocycles. The first-order chi connectivity index (χ1) is 12.3. The average molecular weight is 340 g/mol. The number of hydrogen-bond donors (Lipinski definition) is 0. The van der Waals surface area contributed by atoms with E-state index in [4.69, 9.17) is 4.74 Å². The molecular formula is C19H24N4O2. The molecule has 1 saturated heterocycles. The van der Waals surface area contributed by atoms with E-state index in [0.717, 1.165) is 31.2 Å². The van der Waals surface area contributed by atoms with Crippen LogP contribution >= 0.6 is 0 Å². The molecule has 6 heteroatoms. The maximum Gasteiger partial charge on any atom is 0.233 e. The standard InChI is InChI=1S/C19H24N4O2/c24-18(19(6-1-2-7-19)16-5-3-8-20-13-16)22-11-12-25-17(14-22)15-23-10-4-9-21-23/h3-5,8-10,13,17H,1-2,6-7,11-12,14-15H2. The van der Waals surface area contributed by atoms with Gasteiger partial charge in [0.05, 0.1) is 24.7 Å². The predicted octanol–water partition coefficient (Wildman–Crippen LogP) is 2.02. The van der Waals surface area contributed by atoms with Crippen LogP contribution in [0.5, 0.6) is 0 Å². The van der Waals surface area contributed by atoms with Crippen molar-refractivity contribution in [3.05, 3.63) is 48.5 Å². The highest BCUT2D eigenvalue weighted by molar-refractivity contribution is 5.88. The van der Waals surface area contributed by atoms with Crippen molar-refractivity contribution in [3.8, 4) is 0 Å². The minimum Gasteiger partial charge on any atom is -0.373 e. The topological polar surface area (TPSA) is 60.2 Å². The predicted molar refractivity (Wildman–Crippen MR) is 92.9 cm³/mol. The zero-order valence-corrected chi connectivity index (χ0v) is 14.4. The molecule has 4 rings (SSSR count). The fourth-order valence-corrected chi connectivity index (χ4v) is 4.18. The second kappa shape index (κ2) is 6.96. The Bertz CT molecular complexity index is 695. The molecule has 1 amide bonds. The molecule has 0 N–H and O–H groups in total. The molecule has 1 aliphatic heterocycles. The van der Waals surface area contributed by atoms with E-state index in [-0.39, 0.29) is 12.0 Å². The van der Waals surface area contributed by atoms with Crippen molar-refractivity contribution < 1.29 is 9.53 Å². The smallest absolute Gasteiger partial charge is 0.233 e. The number of nitrogens with zero attached hydrogens (tertiary/aromatic N) is 4. The second-order valence-corrected chi connectivity index (χ2v) is 7.00. The fraction of sp³-hybridized carbons (Fsp3) is 0.526. The Morgan fingerprint density at radius 2 is 2.16 bits per heavy atom. The Hall–Kier alpha value is -2.21. The van der Waals surface area contributed by atoms with E-state index in [9.17, 15) is 4.79 Å². The first kappa shape index (κ1) is 16.3. The van der Waals surface area contributed by atoms with E-state index < -0.39 is 5.41 Å². The summed E-state index contributed by atoms with van der Waals surface area (Å²) in [5.74, 6) is 0.242. The average Bonchev–Trinajstić information content (AvgIpc) is 3.35. The van der Waals surface area contributed by atoms with Crippen molar-refractivity contribution in [2.24, 2.45) is 0 Å². The summed E-state index contributed by atoms with van der Waals surface area (Å²) in [6.07, 6.45) is 11.3. The van der Waals surface area contributed by atoms with Gasteiger partial charge in [-0.05, 0) is 30.5 Å². The first-order valence-electron chi connectivity index (χ1n) is 9.07. The minimum atomic E-state index is -0.401. The molecule has 2 aromatic heterocycles. The number of morpholine rings is 1. The van der Waals surface area contributed by atoms with Crippen molar-refractivity contribution in [1.82, 2.24) is 19.7 Å². The van der Waals surface area contributed by atoms with Gasteiger partial charge in [0.15, 0.2) is 0 Å². The van der Waals surface area contributed by atoms with Gasteiger partial charge in [-0.3, -0.25) is 14.5 Å². The zero-order chi connectivity index (χ0) is 17.1. The number of carbonyl (C=O) groups is 1. The monoisotopic (exact) mass is 340 g/mol. The summed E-state index contributed by atoms with van der Waals surface area (Å²) in [5.41, 5.74) is 0.662. The molecule has 1 aliphatic carbocycles. The Labute approximate surface area is 147 Å². The summed E-state index contributed by atoms with van der Waals surface area (Å²) in [6, 6.07) is 5.89. The van der Waals surface area contributed by atoms with Gasteiger partial charge in [-0.2, -0.15) is 5.10 Å². The van der Waals surface area contributed by atoms with Crippen LogP contribution in [0.25, 0.3) is 0 Å². The van der Waals surface area contributed by atoms with E-state index in [1.54, 1.807) is 12.4 Å². The highest BCUT2D eigenvalue weighted by Gasteiger charge is 2.46. The molecule has 0 spiro atoms. The van der Waals surface area contributed by atoms with E-state index in [2.05, 4.69) is 16.1 Å². The summed E-state index contributed by atoms with van der Waals surface area (Å²) in [5, 5.41) is 4.24. The zero-order valence-electron chi connectivity index (χ0n) is 14.4. The van der Waals surface area contributed by atoms with Crippen LogP contribution in [-0.2, 0) is 21.5 Å². The van der Waals surface area contributed by atoms with Gasteiger partial charge >= 0.3 is 0 Å². The molecule has 2 aromatic rings. The van der Waals surface area contributed by atoms with Gasteiger partial charge in [-0.1, -0.05) is 18.9 Å². The normalized spacial score (nSPS) is 22.9. The van der Waals surface area contributed by atoms with E-state index in [1.165, 1.54) is 0 Å². The lowest BCUT2D eigenvalue weighted by molar-refractivity contribution is -0.145. The molecule has 2 fully saturated rings. The van der Waals surface area contributed by atoms with Gasteiger partial charge in [0, 0.05) is 37.9 Å². The largest absolute Gasteiger partial charge is 0.373 e. The quantitative estimate of drug-likeness (QED) is 0.854. The number of hydrogen-bond acceptors (Lipinski definition) is 4. The van der Waals surface area contributed by atoms with Crippen LogP contribution in [0.2, 0.25) is 0 Å². The molecule has 0 aromatic carbocycles. The van der Waals surface area contributed by atoms with Crippen LogP contribution in [-0.4, -0.2) is 51.4 Å². The van der Waals surface area contributed by atoms with Crippen LogP contribution in [0.3, 0.4) is 0 Å². The van der Waals surface area contributed by atoms with Crippen molar-refractivity contribution in [3.63, 3.8) is 0 Å². The van der Waals surface area contributed by atoms with Crippen molar-refractivity contribution in [1.29, 1.82) is 0 Å². The van der Waals surface area contributed by atoms with Crippen LogP contribution in [0.4, 0.5) is 0 Å². The van der Waals surface area contributed by atoms with Crippen LogP contribution in [0, 0.1) is 0 Å². The third-order valence-electron chi connectivity index (χ3n) is 5.46. The van der Waals surface area contributed by atoms with Gasteiger partial charge in [0.1, 0.15) is 0 Å². The second-order valence-electron chi connectivity index (χ2n) is 7.00. The molecule has 1 saturated carbocycles. The number of ether oxygens (including phenoxy) is 1. The highest BCUT2D eigenvalue weighted by Crippen LogP contribution is 2.42. The van der Waals surface area contributed by atoms with Crippen LogP contribution < -0.4 is 0 Å². The van der Waals surface area contributed by atoms with Crippen molar-refractivity contribution >= 4 is 5.91 Å². The summed E-state index contributed by atoms with van der Waals surface area (Å²) < 4.78 is 7.73. The molecule has 0 radical (unpaired) electrons. The lowest BCUT2D eigenvalue weighted by atomic mass is 9.78. The number of pyridine rings is 1. The number of amides is 1. The fourth-order valence-electron chi connectivity index (χ4n) is 4.18. The van der Waals surface area contributed by atoms with E-state index >= 15 is 0 Å². The van der Waals surface area contributed by atoms with Gasteiger partial charge in [0.25, 0.3) is 0 Å². The van der Waals surface area contributed by atoms with E-state index in [0.29, 0.717) is 26.2 Å². The maximum absolute atomic E-state index is 13.5. The molecule has 25 heavy (non-hydrogen) atoms. The van der Waals surface area contributed by atoms with Crippen molar-refractivity contribution in [2.45, 2.75) is 43.7 Å². The molecule has 132 valence electrons. The van der Waals surface area contributed by atoms with E-state index in [1.807, 2.05) is 34.1 Å². The summed E-state index contributed by atoms with van der Waals surface area (Å²) >= 11 is 0. The van der Waals surface area contributed by atoms with Gasteiger partial charge in [-0.15, -0.1) is 0 Å². The lowest BCUT2D eigenvalue weighted by Gasteiger charge is -2.39. The molecule has 0 bridgehead atoms. The minimum absolute atomic E-state index is 0.00930. The third-order valence-corrected chi connectivity index (χ3v) is 5.46. The molecule has 6 nitrogen and oxygen atoms in total. The molecule has 1 atom stereocenters. The van der Waals surface area contributed by atoms with Crippen molar-refractivity contribution in [2.75, 3.05) is 19.7 Å². The maximum atomic E-state index is 13.5. The summed E-state index contributed by atoms with van der Waals surface area (Å²) in [7, 11) is 0.